The van der Waals surface area contributed by atoms with Crippen molar-refractivity contribution in [2.75, 3.05) is 13.1 Å². The first kappa shape index (κ1) is 29.3. The number of rotatable bonds is 6. The van der Waals surface area contributed by atoms with Crippen LogP contribution in [-0.4, -0.2) is 58.9 Å². The zero-order valence-electron chi connectivity index (χ0n) is 24.4. The second-order valence-electron chi connectivity index (χ2n) is 12.7. The van der Waals surface area contributed by atoms with E-state index in [0.717, 1.165) is 16.7 Å². The van der Waals surface area contributed by atoms with Crippen LogP contribution in [-0.2, 0) is 19.7 Å². The normalized spacial score (nSPS) is 18.1. The number of ether oxygens (including phenoxy) is 1. The second kappa shape index (κ2) is 11.1. The van der Waals surface area contributed by atoms with E-state index < -0.39 is 29.2 Å². The molecular weight excluding hydrogens is 506 g/mol. The zero-order chi connectivity index (χ0) is 29.3. The first-order chi connectivity index (χ1) is 18.7. The zero-order valence-corrected chi connectivity index (χ0v) is 24.4. The molecule has 3 amide bonds. The molecule has 0 aromatic heterocycles. The van der Waals surface area contributed by atoms with Crippen molar-refractivity contribution in [2.24, 2.45) is 0 Å². The van der Waals surface area contributed by atoms with Gasteiger partial charge in [0.2, 0.25) is 11.8 Å². The fourth-order valence-corrected chi connectivity index (χ4v) is 5.77. The third-order valence-electron chi connectivity index (χ3n) is 8.09. The van der Waals surface area contributed by atoms with Gasteiger partial charge in [0.05, 0.1) is 0 Å². The molecule has 1 heterocycles. The summed E-state index contributed by atoms with van der Waals surface area (Å²) in [6.07, 6.45) is 1.14. The van der Waals surface area contributed by atoms with Crippen LogP contribution in [0.4, 0.5) is 4.79 Å². The predicted molar refractivity (Wildman–Crippen MR) is 153 cm³/mol. The van der Waals surface area contributed by atoms with Crippen LogP contribution in [0.5, 0.6) is 0 Å². The maximum Gasteiger partial charge on any atom is 0.408 e. The Morgan fingerprint density at radius 3 is 2.15 bits per heavy atom. The number of Topliss-reactive ketones (excluding diaryl/α,β-unsaturated/α-hetero) is 1. The van der Waals surface area contributed by atoms with E-state index in [1.165, 1.54) is 0 Å². The Hall–Kier alpha value is -3.68. The van der Waals surface area contributed by atoms with Gasteiger partial charge in [-0.3, -0.25) is 14.4 Å². The Labute approximate surface area is 236 Å². The van der Waals surface area contributed by atoms with E-state index in [-0.39, 0.29) is 23.0 Å². The van der Waals surface area contributed by atoms with E-state index in [1.807, 2.05) is 61.5 Å². The molecule has 8 heteroatoms. The summed E-state index contributed by atoms with van der Waals surface area (Å²) in [7, 11) is 0. The Balaban J connectivity index is 1.52. The molecule has 1 saturated heterocycles. The fraction of sp³-hybridized carbons (Fsp3) is 0.500. The van der Waals surface area contributed by atoms with E-state index in [2.05, 4.69) is 10.6 Å². The maximum absolute atomic E-state index is 14.0. The Morgan fingerprint density at radius 1 is 0.925 bits per heavy atom. The molecule has 1 aliphatic heterocycles. The van der Waals surface area contributed by atoms with Gasteiger partial charge in [-0.05, 0) is 58.6 Å². The first-order valence-corrected chi connectivity index (χ1v) is 14.0. The number of amides is 3. The van der Waals surface area contributed by atoms with Gasteiger partial charge in [0.25, 0.3) is 0 Å². The molecular formula is C32H41N3O5. The van der Waals surface area contributed by atoms with Gasteiger partial charge in [-0.15, -0.1) is 0 Å². The monoisotopic (exact) mass is 547 g/mol. The average molecular weight is 548 g/mol. The Kier molecular flexibility index (Phi) is 8.11. The van der Waals surface area contributed by atoms with E-state index in [1.54, 1.807) is 39.5 Å². The topological polar surface area (TPSA) is 105 Å². The van der Waals surface area contributed by atoms with Crippen molar-refractivity contribution in [3.05, 3.63) is 71.3 Å². The second-order valence-corrected chi connectivity index (χ2v) is 12.7. The highest BCUT2D eigenvalue weighted by molar-refractivity contribution is 6.02. The van der Waals surface area contributed by atoms with E-state index in [0.29, 0.717) is 32.4 Å². The summed E-state index contributed by atoms with van der Waals surface area (Å²) in [6.45, 7) is 11.3. The van der Waals surface area contributed by atoms with E-state index >= 15 is 0 Å². The van der Waals surface area contributed by atoms with Crippen molar-refractivity contribution in [2.45, 2.75) is 89.3 Å². The number of hydrogen-bond acceptors (Lipinski definition) is 5. The molecule has 0 saturated carbocycles. The van der Waals surface area contributed by atoms with Crippen molar-refractivity contribution >= 4 is 23.7 Å². The number of carbonyl (C=O) groups excluding carboxylic acids is 4. The molecule has 0 unspecified atom stereocenters. The number of carbonyl (C=O) groups is 4. The van der Waals surface area contributed by atoms with Crippen LogP contribution < -0.4 is 10.6 Å². The summed E-state index contributed by atoms with van der Waals surface area (Å²) < 4.78 is 5.34. The molecule has 214 valence electrons. The van der Waals surface area contributed by atoms with Crippen molar-refractivity contribution < 1.29 is 23.9 Å². The van der Waals surface area contributed by atoms with Crippen LogP contribution in [0.15, 0.2) is 54.6 Å². The van der Waals surface area contributed by atoms with Crippen LogP contribution in [0.2, 0.25) is 0 Å². The fourth-order valence-electron chi connectivity index (χ4n) is 5.77. The highest BCUT2D eigenvalue weighted by Crippen LogP contribution is 2.46. The van der Waals surface area contributed by atoms with Crippen LogP contribution >= 0.6 is 0 Å². The molecule has 0 radical (unpaired) electrons. The lowest BCUT2D eigenvalue weighted by Gasteiger charge is -2.41. The molecule has 2 N–H and O–H groups in total. The number of fused-ring (bicyclic) bond motifs is 2. The summed E-state index contributed by atoms with van der Waals surface area (Å²) in [5, 5.41) is 5.58. The van der Waals surface area contributed by atoms with Gasteiger partial charge in [0.1, 0.15) is 17.2 Å². The maximum atomic E-state index is 14.0. The summed E-state index contributed by atoms with van der Waals surface area (Å²) in [5.41, 5.74) is 0.523. The molecule has 2 aromatic rings. The van der Waals surface area contributed by atoms with Gasteiger partial charge < -0.3 is 20.3 Å². The molecule has 40 heavy (non-hydrogen) atoms. The molecule has 1 fully saturated rings. The standard InChI is InChI=1S/C32H41N3O5/c1-21(22-12-8-7-9-13-22)26(33-28(38)31(5,6)34-29(39)40-30(2,3)4)27(37)35-18-16-32(17-19-35)20-25(36)23-14-10-11-15-24(23)32/h7-15,21,26H,16-20H2,1-6H3,(H,33,38)(H,34,39)/t21-,26+/m1/s1. The number of nitrogens with zero attached hydrogens (tertiary/aromatic N) is 1. The SMILES string of the molecule is C[C@H](c1ccccc1)[C@H](NC(=O)C(C)(C)NC(=O)OC(C)(C)C)C(=O)N1CCC2(CC1)CC(=O)c1ccccc12. The lowest BCUT2D eigenvalue weighted by molar-refractivity contribution is -0.139. The molecule has 1 spiro atoms. The Bertz CT molecular complexity index is 1270. The number of hydrogen-bond donors (Lipinski definition) is 2. The number of likely N-dealkylation sites (tertiary alicyclic amines) is 1. The summed E-state index contributed by atoms with van der Waals surface area (Å²) in [4.78, 5) is 54.5. The molecule has 8 nitrogen and oxygen atoms in total. The lowest BCUT2D eigenvalue weighted by atomic mass is 9.73. The first-order valence-electron chi connectivity index (χ1n) is 14.0. The number of nitrogens with one attached hydrogen (secondary N) is 2. The third kappa shape index (κ3) is 6.21. The minimum atomic E-state index is -1.32. The van der Waals surface area contributed by atoms with Gasteiger partial charge in [-0.25, -0.2) is 4.79 Å². The molecule has 2 aliphatic rings. The minimum absolute atomic E-state index is 0.165. The van der Waals surface area contributed by atoms with Gasteiger partial charge in [-0.1, -0.05) is 61.5 Å². The van der Waals surface area contributed by atoms with Crippen LogP contribution in [0.1, 0.15) is 88.2 Å². The highest BCUT2D eigenvalue weighted by Gasteiger charge is 2.46. The highest BCUT2D eigenvalue weighted by atomic mass is 16.6. The quantitative estimate of drug-likeness (QED) is 0.544. The van der Waals surface area contributed by atoms with E-state index in [4.69, 9.17) is 4.74 Å². The van der Waals surface area contributed by atoms with Gasteiger partial charge in [0, 0.05) is 36.4 Å². The molecule has 1 aliphatic carbocycles. The predicted octanol–water partition coefficient (Wildman–Crippen LogP) is 4.73. The average Bonchev–Trinajstić information content (AvgIpc) is 3.16. The van der Waals surface area contributed by atoms with Crippen molar-refractivity contribution in [1.82, 2.24) is 15.5 Å². The molecule has 2 atom stereocenters. The number of benzene rings is 2. The molecule has 4 rings (SSSR count). The summed E-state index contributed by atoms with van der Waals surface area (Å²) >= 11 is 0. The van der Waals surface area contributed by atoms with E-state index in [9.17, 15) is 19.2 Å². The smallest absolute Gasteiger partial charge is 0.408 e. The van der Waals surface area contributed by atoms with Gasteiger partial charge in [-0.2, -0.15) is 0 Å². The number of piperidine rings is 1. The van der Waals surface area contributed by atoms with Crippen LogP contribution in [0.25, 0.3) is 0 Å². The molecule has 0 bridgehead atoms. The van der Waals surface area contributed by atoms with Crippen LogP contribution in [0, 0.1) is 0 Å². The summed E-state index contributed by atoms with van der Waals surface area (Å²) in [5.74, 6) is -0.814. The molecule has 2 aromatic carbocycles. The third-order valence-corrected chi connectivity index (χ3v) is 8.09. The lowest BCUT2D eigenvalue weighted by Crippen LogP contribution is -2.61. The van der Waals surface area contributed by atoms with Gasteiger partial charge in [0.15, 0.2) is 5.78 Å². The van der Waals surface area contributed by atoms with Crippen molar-refractivity contribution in [3.8, 4) is 0 Å². The van der Waals surface area contributed by atoms with Crippen molar-refractivity contribution in [1.29, 1.82) is 0 Å². The minimum Gasteiger partial charge on any atom is -0.444 e. The summed E-state index contributed by atoms with van der Waals surface area (Å²) in [6, 6.07) is 16.5. The van der Waals surface area contributed by atoms with Crippen molar-refractivity contribution in [3.63, 3.8) is 0 Å². The van der Waals surface area contributed by atoms with Crippen LogP contribution in [0.3, 0.4) is 0 Å². The van der Waals surface area contributed by atoms with Gasteiger partial charge >= 0.3 is 6.09 Å². The largest absolute Gasteiger partial charge is 0.444 e. The number of ketones is 1. The Morgan fingerprint density at radius 2 is 1.52 bits per heavy atom. The number of alkyl carbamates (subject to hydrolysis) is 1.